The molecular weight excluding hydrogens is 488 g/mol. The number of rotatable bonds is 14. The maximum atomic E-state index is 12.7. The third kappa shape index (κ3) is 8.30. The van der Waals surface area contributed by atoms with Gasteiger partial charge in [0.25, 0.3) is 0 Å². The Morgan fingerprint density at radius 1 is 1.06 bits per heavy atom. The summed E-state index contributed by atoms with van der Waals surface area (Å²) in [4.78, 5) is 13.8. The van der Waals surface area contributed by atoms with Gasteiger partial charge in [-0.15, -0.1) is 22.0 Å². The SMILES string of the molecule is CCc1ccc(OCc2nnc(SCC(=O)Nc3ccccc3SC)n2[C@H](C)CCCC(C)C)cc1. The predicted molar refractivity (Wildman–Crippen MR) is 151 cm³/mol. The van der Waals surface area contributed by atoms with Gasteiger partial charge in [-0.05, 0) is 61.8 Å². The maximum absolute atomic E-state index is 12.7. The number of aryl methyl sites for hydroxylation is 1. The number of ether oxygens (including phenoxy) is 1. The van der Waals surface area contributed by atoms with Crippen LogP contribution in [0.1, 0.15) is 64.4 Å². The summed E-state index contributed by atoms with van der Waals surface area (Å²) < 4.78 is 8.20. The highest BCUT2D eigenvalue weighted by molar-refractivity contribution is 7.99. The Balaban J connectivity index is 1.69. The zero-order chi connectivity index (χ0) is 25.9. The molecule has 1 amide bonds. The van der Waals surface area contributed by atoms with Crippen LogP contribution in [0.3, 0.4) is 0 Å². The van der Waals surface area contributed by atoms with E-state index < -0.39 is 0 Å². The number of benzene rings is 2. The van der Waals surface area contributed by atoms with Crippen molar-refractivity contribution in [3.63, 3.8) is 0 Å². The molecule has 0 saturated carbocycles. The number of para-hydroxylation sites is 1. The van der Waals surface area contributed by atoms with Crippen LogP contribution in [0.15, 0.2) is 58.6 Å². The third-order valence-electron chi connectivity index (χ3n) is 5.99. The summed E-state index contributed by atoms with van der Waals surface area (Å²) in [5.41, 5.74) is 2.11. The van der Waals surface area contributed by atoms with Crippen molar-refractivity contribution in [2.75, 3.05) is 17.3 Å². The van der Waals surface area contributed by atoms with Crippen LogP contribution in [0, 0.1) is 5.92 Å². The zero-order valence-electron chi connectivity index (χ0n) is 22.0. The molecule has 8 heteroatoms. The van der Waals surface area contributed by atoms with Gasteiger partial charge in [0.05, 0.1) is 11.4 Å². The Morgan fingerprint density at radius 3 is 2.50 bits per heavy atom. The van der Waals surface area contributed by atoms with Crippen molar-refractivity contribution in [2.24, 2.45) is 5.92 Å². The van der Waals surface area contributed by atoms with E-state index in [1.807, 2.05) is 42.7 Å². The number of aromatic nitrogens is 3. The van der Waals surface area contributed by atoms with Crippen molar-refractivity contribution in [3.8, 4) is 5.75 Å². The molecule has 0 aliphatic rings. The first-order valence-corrected chi connectivity index (χ1v) is 14.8. The Bertz CT molecular complexity index is 1100. The van der Waals surface area contributed by atoms with Gasteiger partial charge in [-0.25, -0.2) is 0 Å². The lowest BCUT2D eigenvalue weighted by Crippen LogP contribution is -2.16. The summed E-state index contributed by atoms with van der Waals surface area (Å²) in [6.45, 7) is 9.17. The van der Waals surface area contributed by atoms with Gasteiger partial charge in [-0.3, -0.25) is 4.79 Å². The molecule has 36 heavy (non-hydrogen) atoms. The lowest BCUT2D eigenvalue weighted by Gasteiger charge is -2.19. The van der Waals surface area contributed by atoms with E-state index in [1.54, 1.807) is 11.8 Å². The van der Waals surface area contributed by atoms with E-state index in [0.29, 0.717) is 12.5 Å². The highest BCUT2D eigenvalue weighted by Crippen LogP contribution is 2.28. The molecule has 0 fully saturated rings. The predicted octanol–water partition coefficient (Wildman–Crippen LogP) is 7.26. The minimum Gasteiger partial charge on any atom is -0.486 e. The average Bonchev–Trinajstić information content (AvgIpc) is 3.29. The number of carbonyl (C=O) groups excluding carboxylic acids is 1. The molecule has 0 radical (unpaired) electrons. The fraction of sp³-hybridized carbons (Fsp3) is 0.464. The first-order chi connectivity index (χ1) is 17.4. The largest absolute Gasteiger partial charge is 0.486 e. The highest BCUT2D eigenvalue weighted by Gasteiger charge is 2.20. The molecule has 1 N–H and O–H groups in total. The van der Waals surface area contributed by atoms with Crippen LogP contribution in [0.5, 0.6) is 5.75 Å². The van der Waals surface area contributed by atoms with Gasteiger partial charge in [0, 0.05) is 10.9 Å². The van der Waals surface area contributed by atoms with Gasteiger partial charge in [0.2, 0.25) is 5.91 Å². The second kappa shape index (κ2) is 14.3. The Kier molecular flexibility index (Phi) is 11.2. The van der Waals surface area contributed by atoms with Gasteiger partial charge in [-0.2, -0.15) is 0 Å². The Morgan fingerprint density at radius 2 is 1.81 bits per heavy atom. The van der Waals surface area contributed by atoms with Gasteiger partial charge < -0.3 is 14.6 Å². The number of carbonyl (C=O) groups is 1. The molecule has 2 aromatic carbocycles. The molecule has 0 bridgehead atoms. The Labute approximate surface area is 224 Å². The van der Waals surface area contributed by atoms with Crippen LogP contribution in [0.4, 0.5) is 5.69 Å². The maximum Gasteiger partial charge on any atom is 0.234 e. The summed E-state index contributed by atoms with van der Waals surface area (Å²) in [6.07, 6.45) is 6.34. The van der Waals surface area contributed by atoms with Crippen LogP contribution >= 0.6 is 23.5 Å². The Hall–Kier alpha value is -2.45. The van der Waals surface area contributed by atoms with E-state index >= 15 is 0 Å². The molecule has 3 rings (SSSR count). The number of hydrogen-bond acceptors (Lipinski definition) is 6. The van der Waals surface area contributed by atoms with E-state index in [2.05, 4.69) is 59.9 Å². The van der Waals surface area contributed by atoms with Crippen LogP contribution < -0.4 is 10.1 Å². The van der Waals surface area contributed by atoms with E-state index in [9.17, 15) is 4.79 Å². The second-order valence-corrected chi connectivity index (χ2v) is 11.1. The smallest absolute Gasteiger partial charge is 0.234 e. The monoisotopic (exact) mass is 526 g/mol. The molecule has 0 aliphatic carbocycles. The minimum atomic E-state index is -0.0580. The molecule has 3 aromatic rings. The average molecular weight is 527 g/mol. The molecular formula is C28H38N4O2S2. The van der Waals surface area contributed by atoms with E-state index in [4.69, 9.17) is 4.74 Å². The second-order valence-electron chi connectivity index (χ2n) is 9.27. The first-order valence-electron chi connectivity index (χ1n) is 12.6. The standard InChI is InChI=1S/C28H38N4O2S2/c1-6-22-14-16-23(17-15-22)34-18-26-30-31-28(32(26)21(4)11-9-10-20(2)3)36-19-27(33)29-24-12-7-8-13-25(24)35-5/h7-8,12-17,20-21H,6,9-11,18-19H2,1-5H3,(H,29,33)/t21-/m1/s1. The van der Waals surface area contributed by atoms with E-state index in [-0.39, 0.29) is 17.7 Å². The van der Waals surface area contributed by atoms with Crippen molar-refractivity contribution in [1.29, 1.82) is 0 Å². The fourth-order valence-electron chi connectivity index (χ4n) is 3.93. The quantitative estimate of drug-likeness (QED) is 0.223. The van der Waals surface area contributed by atoms with Crippen molar-refractivity contribution < 1.29 is 9.53 Å². The highest BCUT2D eigenvalue weighted by atomic mass is 32.2. The number of anilines is 1. The normalized spacial score (nSPS) is 12.1. The molecule has 0 saturated heterocycles. The topological polar surface area (TPSA) is 69.0 Å². The van der Waals surface area contributed by atoms with Crippen LogP contribution in [-0.4, -0.2) is 32.7 Å². The van der Waals surface area contributed by atoms with Gasteiger partial charge in [0.15, 0.2) is 11.0 Å². The van der Waals surface area contributed by atoms with Crippen molar-refractivity contribution in [3.05, 3.63) is 59.9 Å². The summed E-state index contributed by atoms with van der Waals surface area (Å²) in [5, 5.41) is 12.7. The van der Waals surface area contributed by atoms with Crippen LogP contribution in [0.2, 0.25) is 0 Å². The molecule has 0 spiro atoms. The van der Waals surface area contributed by atoms with Gasteiger partial charge >= 0.3 is 0 Å². The molecule has 6 nitrogen and oxygen atoms in total. The molecule has 1 heterocycles. The summed E-state index contributed by atoms with van der Waals surface area (Å²) >= 11 is 3.03. The lowest BCUT2D eigenvalue weighted by atomic mass is 10.0. The number of hydrogen-bond donors (Lipinski definition) is 1. The molecule has 1 atom stereocenters. The van der Waals surface area contributed by atoms with Gasteiger partial charge in [0.1, 0.15) is 12.4 Å². The molecule has 0 aliphatic heterocycles. The molecule has 1 aromatic heterocycles. The lowest BCUT2D eigenvalue weighted by molar-refractivity contribution is -0.113. The van der Waals surface area contributed by atoms with Gasteiger partial charge in [-0.1, -0.05) is 69.6 Å². The summed E-state index contributed by atoms with van der Waals surface area (Å²) in [7, 11) is 0. The van der Waals surface area contributed by atoms with E-state index in [1.165, 1.54) is 23.7 Å². The number of nitrogens with zero attached hydrogens (tertiary/aromatic N) is 3. The van der Waals surface area contributed by atoms with Crippen molar-refractivity contribution >= 4 is 35.1 Å². The van der Waals surface area contributed by atoms with Crippen molar-refractivity contribution in [1.82, 2.24) is 14.8 Å². The summed E-state index contributed by atoms with van der Waals surface area (Å²) in [5.74, 6) is 2.47. The number of amides is 1. The van der Waals surface area contributed by atoms with E-state index in [0.717, 1.165) is 46.6 Å². The zero-order valence-corrected chi connectivity index (χ0v) is 23.6. The molecule has 194 valence electrons. The minimum absolute atomic E-state index is 0.0580. The molecule has 0 unspecified atom stereocenters. The van der Waals surface area contributed by atoms with Crippen LogP contribution in [0.25, 0.3) is 0 Å². The summed E-state index contributed by atoms with van der Waals surface area (Å²) in [6, 6.07) is 16.2. The fourth-order valence-corrected chi connectivity index (χ4v) is 5.34. The first kappa shape index (κ1) is 28.1. The third-order valence-corrected chi connectivity index (χ3v) is 7.73. The number of nitrogens with one attached hydrogen (secondary N) is 1. The van der Waals surface area contributed by atoms with Crippen molar-refractivity contribution in [2.45, 2.75) is 76.1 Å². The van der Waals surface area contributed by atoms with Crippen LogP contribution in [-0.2, 0) is 17.8 Å². The number of thioether (sulfide) groups is 2.